The van der Waals surface area contributed by atoms with E-state index in [0.29, 0.717) is 25.7 Å². The highest BCUT2D eigenvalue weighted by Gasteiger charge is 2.67. The van der Waals surface area contributed by atoms with Crippen LogP contribution < -0.4 is 0 Å². The second-order valence-corrected chi connectivity index (χ2v) is 13.8. The first-order valence-electron chi connectivity index (χ1n) is 13.8. The lowest BCUT2D eigenvalue weighted by Gasteiger charge is -2.60. The van der Waals surface area contributed by atoms with E-state index >= 15 is 0 Å². The number of carbonyl (C=O) groups is 2. The second kappa shape index (κ2) is 8.89. The van der Waals surface area contributed by atoms with Crippen molar-refractivity contribution in [1.29, 1.82) is 0 Å². The quantitative estimate of drug-likeness (QED) is 0.356. The maximum absolute atomic E-state index is 13.3. The number of hydrogen-bond donors (Lipinski definition) is 5. The van der Waals surface area contributed by atoms with Crippen molar-refractivity contribution in [2.24, 2.45) is 34.5 Å². The summed E-state index contributed by atoms with van der Waals surface area (Å²) in [7, 11) is 0. The third-order valence-electron chi connectivity index (χ3n) is 11.2. The molecular formula is C29H46O7. The summed E-state index contributed by atoms with van der Waals surface area (Å²) in [5.41, 5.74) is -3.79. The molecule has 0 radical (unpaired) electrons. The number of rotatable bonds is 7. The Bertz CT molecular complexity index is 936. The number of aliphatic hydroxyl groups is 4. The Morgan fingerprint density at radius 2 is 1.75 bits per heavy atom. The predicted octanol–water partition coefficient (Wildman–Crippen LogP) is 3.61. The molecule has 7 nitrogen and oxygen atoms in total. The lowest BCUT2D eigenvalue weighted by atomic mass is 9.46. The van der Waals surface area contributed by atoms with Crippen LogP contribution in [0.2, 0.25) is 0 Å². The first-order valence-corrected chi connectivity index (χ1v) is 13.8. The number of allylic oxidation sites excluding steroid dienone is 1. The summed E-state index contributed by atoms with van der Waals surface area (Å²) in [5, 5.41) is 54.2. The van der Waals surface area contributed by atoms with E-state index in [4.69, 9.17) is 0 Å². The Morgan fingerprint density at radius 3 is 2.36 bits per heavy atom. The third-order valence-corrected chi connectivity index (χ3v) is 11.2. The van der Waals surface area contributed by atoms with E-state index in [9.17, 15) is 35.1 Å². The lowest BCUT2D eigenvalue weighted by molar-refractivity contribution is -0.157. The molecule has 0 bridgehead atoms. The van der Waals surface area contributed by atoms with E-state index < -0.39 is 46.6 Å². The SMILES string of the molecule is C[C@@H]([C@H]1CCC2(O)C3=CC(=O)[C@@H]4C[C@@H](O)CC[C@]4(C)[C@H]3CC[C@]12C)[C@@](O)(CCC(C)(C)O)CC(=O)O. The molecule has 4 rings (SSSR count). The maximum atomic E-state index is 13.3. The Morgan fingerprint density at radius 1 is 1.08 bits per heavy atom. The van der Waals surface area contributed by atoms with E-state index in [2.05, 4.69) is 13.8 Å². The largest absolute Gasteiger partial charge is 0.481 e. The van der Waals surface area contributed by atoms with E-state index in [1.165, 1.54) is 0 Å². The highest BCUT2D eigenvalue weighted by molar-refractivity contribution is 5.95. The van der Waals surface area contributed by atoms with E-state index in [1.807, 2.05) is 6.92 Å². The molecular weight excluding hydrogens is 460 g/mol. The zero-order valence-electron chi connectivity index (χ0n) is 22.6. The molecule has 0 heterocycles. The van der Waals surface area contributed by atoms with Gasteiger partial charge in [-0.2, -0.15) is 0 Å². The van der Waals surface area contributed by atoms with Crippen LogP contribution in [0.5, 0.6) is 0 Å². The normalized spacial score (nSPS) is 43.0. The highest BCUT2D eigenvalue weighted by atomic mass is 16.4. The van der Waals surface area contributed by atoms with Crippen molar-refractivity contribution in [3.8, 4) is 0 Å². The molecule has 0 aromatic carbocycles. The van der Waals surface area contributed by atoms with Crippen molar-refractivity contribution in [3.05, 3.63) is 11.6 Å². The first kappa shape index (κ1) is 27.7. The van der Waals surface area contributed by atoms with Gasteiger partial charge in [-0.3, -0.25) is 9.59 Å². The Balaban J connectivity index is 1.68. The van der Waals surface area contributed by atoms with Gasteiger partial charge in [0.05, 0.1) is 29.3 Å². The molecule has 4 aliphatic carbocycles. The Hall–Kier alpha value is -1.28. The van der Waals surface area contributed by atoms with Crippen molar-refractivity contribution < 1.29 is 35.1 Å². The number of carboxylic acid groups (broad SMARTS) is 1. The Kier molecular flexibility index (Phi) is 6.85. The molecule has 204 valence electrons. The summed E-state index contributed by atoms with van der Waals surface area (Å²) in [6.45, 7) is 9.41. The van der Waals surface area contributed by atoms with Gasteiger partial charge >= 0.3 is 5.97 Å². The molecule has 1 unspecified atom stereocenters. The van der Waals surface area contributed by atoms with Gasteiger partial charge in [0.1, 0.15) is 0 Å². The summed E-state index contributed by atoms with van der Waals surface area (Å²) in [5.74, 6) is -1.77. The second-order valence-electron chi connectivity index (χ2n) is 13.8. The van der Waals surface area contributed by atoms with Crippen LogP contribution in [0.15, 0.2) is 11.6 Å². The van der Waals surface area contributed by atoms with Crippen molar-refractivity contribution in [2.45, 2.75) is 122 Å². The summed E-state index contributed by atoms with van der Waals surface area (Å²) in [6, 6.07) is 0. The molecule has 3 saturated carbocycles. The van der Waals surface area contributed by atoms with Crippen LogP contribution in [0.3, 0.4) is 0 Å². The van der Waals surface area contributed by atoms with Crippen molar-refractivity contribution in [2.75, 3.05) is 0 Å². The van der Waals surface area contributed by atoms with Crippen LogP contribution >= 0.6 is 0 Å². The monoisotopic (exact) mass is 506 g/mol. The minimum atomic E-state index is -1.52. The zero-order valence-corrected chi connectivity index (χ0v) is 22.6. The van der Waals surface area contributed by atoms with Gasteiger partial charge in [-0.25, -0.2) is 0 Å². The number of fused-ring (bicyclic) bond motifs is 5. The van der Waals surface area contributed by atoms with Gasteiger partial charge in [0, 0.05) is 11.3 Å². The first-order chi connectivity index (χ1) is 16.5. The zero-order chi connectivity index (χ0) is 26.9. The smallest absolute Gasteiger partial charge is 0.306 e. The fraction of sp³-hybridized carbons (Fsp3) is 0.862. The molecule has 4 aliphatic rings. The summed E-state index contributed by atoms with van der Waals surface area (Å²) in [4.78, 5) is 25.1. The summed E-state index contributed by atoms with van der Waals surface area (Å²) in [6.07, 6.45) is 5.81. The van der Waals surface area contributed by atoms with E-state index in [1.54, 1.807) is 19.9 Å². The van der Waals surface area contributed by atoms with E-state index in [0.717, 1.165) is 24.8 Å². The molecule has 0 saturated heterocycles. The van der Waals surface area contributed by atoms with Crippen LogP contribution in [0.1, 0.15) is 98.8 Å². The lowest BCUT2D eigenvalue weighted by Crippen LogP contribution is -2.60. The van der Waals surface area contributed by atoms with E-state index in [-0.39, 0.29) is 41.8 Å². The van der Waals surface area contributed by atoms with Gasteiger partial charge < -0.3 is 25.5 Å². The molecule has 5 N–H and O–H groups in total. The topological polar surface area (TPSA) is 135 Å². The van der Waals surface area contributed by atoms with Gasteiger partial charge in [0.15, 0.2) is 5.78 Å². The fourth-order valence-corrected chi connectivity index (χ4v) is 8.79. The van der Waals surface area contributed by atoms with Gasteiger partial charge in [-0.15, -0.1) is 0 Å². The fourth-order valence-electron chi connectivity index (χ4n) is 8.79. The van der Waals surface area contributed by atoms with Crippen LogP contribution in [-0.4, -0.2) is 60.2 Å². The van der Waals surface area contributed by atoms with Crippen molar-refractivity contribution in [3.63, 3.8) is 0 Å². The van der Waals surface area contributed by atoms with Crippen LogP contribution in [0, 0.1) is 34.5 Å². The Labute approximate surface area is 215 Å². The number of carbonyl (C=O) groups excluding carboxylic acids is 1. The molecule has 0 amide bonds. The van der Waals surface area contributed by atoms with Gasteiger partial charge in [0.2, 0.25) is 0 Å². The summed E-state index contributed by atoms with van der Waals surface area (Å²) >= 11 is 0. The average molecular weight is 507 g/mol. The molecule has 3 fully saturated rings. The standard InChI is InChI=1S/C29H46O7/c1-17(28(35,16-24(32)33)13-12-25(2,3)34)19-8-11-29(36)21-15-23(31)22-14-18(30)6-9-26(22,4)20(21)7-10-27(19,29)5/h15,17-20,22,30,34-36H,6-14,16H2,1-5H3,(H,32,33)/t17-,18-,19+,20-,22-,26+,27+,28+,29?/m0/s1. The minimum Gasteiger partial charge on any atom is -0.481 e. The molecule has 9 atom stereocenters. The number of aliphatic hydroxyl groups excluding tert-OH is 1. The number of aliphatic carboxylic acids is 1. The van der Waals surface area contributed by atoms with Gasteiger partial charge in [-0.05, 0) is 106 Å². The van der Waals surface area contributed by atoms with Crippen molar-refractivity contribution in [1.82, 2.24) is 0 Å². The average Bonchev–Trinajstić information content (AvgIpc) is 3.04. The third kappa shape index (κ3) is 4.28. The predicted molar refractivity (Wildman–Crippen MR) is 135 cm³/mol. The van der Waals surface area contributed by atoms with Crippen LogP contribution in [0.25, 0.3) is 0 Å². The summed E-state index contributed by atoms with van der Waals surface area (Å²) < 4.78 is 0. The minimum absolute atomic E-state index is 0.00392. The van der Waals surface area contributed by atoms with Gasteiger partial charge in [-0.1, -0.05) is 20.8 Å². The molecule has 0 aromatic heterocycles. The highest BCUT2D eigenvalue weighted by Crippen LogP contribution is 2.68. The van der Waals surface area contributed by atoms with Crippen LogP contribution in [0.4, 0.5) is 0 Å². The van der Waals surface area contributed by atoms with Crippen LogP contribution in [-0.2, 0) is 9.59 Å². The molecule has 0 aliphatic heterocycles. The molecule has 0 spiro atoms. The molecule has 0 aromatic rings. The number of carboxylic acids is 1. The number of ketones is 1. The maximum Gasteiger partial charge on any atom is 0.306 e. The molecule has 7 heteroatoms. The number of hydrogen-bond acceptors (Lipinski definition) is 6. The van der Waals surface area contributed by atoms with Gasteiger partial charge in [0.25, 0.3) is 0 Å². The van der Waals surface area contributed by atoms with Crippen molar-refractivity contribution >= 4 is 11.8 Å². The molecule has 36 heavy (non-hydrogen) atoms.